The van der Waals surface area contributed by atoms with Gasteiger partial charge in [0.15, 0.2) is 4.34 Å². The molecule has 32 heavy (non-hydrogen) atoms. The third-order valence-corrected chi connectivity index (χ3v) is 8.19. The third-order valence-electron chi connectivity index (χ3n) is 4.35. The molecule has 170 valence electrons. The SMILES string of the molecule is CCCNc1nnc(SCC(=O)Nc2ccc(S(=O)(=O)N(C)Cc3ccccc3)cc2)s1. The van der Waals surface area contributed by atoms with E-state index in [1.807, 2.05) is 30.3 Å². The second kappa shape index (κ2) is 11.4. The monoisotopic (exact) mass is 491 g/mol. The number of benzene rings is 2. The van der Waals surface area contributed by atoms with E-state index in [1.54, 1.807) is 19.2 Å². The van der Waals surface area contributed by atoms with Gasteiger partial charge in [-0.05, 0) is 36.2 Å². The van der Waals surface area contributed by atoms with Gasteiger partial charge in [0.2, 0.25) is 21.1 Å². The van der Waals surface area contributed by atoms with E-state index < -0.39 is 10.0 Å². The maximum atomic E-state index is 12.8. The number of sulfonamides is 1. The molecular formula is C21H25N5O3S3. The molecule has 8 nitrogen and oxygen atoms in total. The van der Waals surface area contributed by atoms with Crippen LogP contribution in [0.15, 0.2) is 63.8 Å². The lowest BCUT2D eigenvalue weighted by Crippen LogP contribution is -2.26. The van der Waals surface area contributed by atoms with Gasteiger partial charge in [-0.1, -0.05) is 60.4 Å². The van der Waals surface area contributed by atoms with Crippen LogP contribution in [0.25, 0.3) is 0 Å². The van der Waals surface area contributed by atoms with Crippen LogP contribution in [0.5, 0.6) is 0 Å². The normalized spacial score (nSPS) is 11.5. The Labute approximate surface area is 196 Å². The summed E-state index contributed by atoms with van der Waals surface area (Å²) in [5, 5.41) is 14.8. The molecule has 2 N–H and O–H groups in total. The fourth-order valence-electron chi connectivity index (χ4n) is 2.71. The van der Waals surface area contributed by atoms with Gasteiger partial charge in [0.1, 0.15) is 0 Å². The van der Waals surface area contributed by atoms with Gasteiger partial charge < -0.3 is 10.6 Å². The summed E-state index contributed by atoms with van der Waals surface area (Å²) >= 11 is 2.71. The Morgan fingerprint density at radius 1 is 1.09 bits per heavy atom. The van der Waals surface area contributed by atoms with E-state index in [9.17, 15) is 13.2 Å². The summed E-state index contributed by atoms with van der Waals surface area (Å²) < 4.78 is 27.6. The Hall–Kier alpha value is -2.47. The summed E-state index contributed by atoms with van der Waals surface area (Å²) in [7, 11) is -2.09. The number of rotatable bonds is 11. The highest BCUT2D eigenvalue weighted by Crippen LogP contribution is 2.25. The Morgan fingerprint density at radius 3 is 2.50 bits per heavy atom. The van der Waals surface area contributed by atoms with Gasteiger partial charge in [-0.3, -0.25) is 4.79 Å². The largest absolute Gasteiger partial charge is 0.360 e. The molecule has 1 aromatic heterocycles. The van der Waals surface area contributed by atoms with Crippen molar-refractivity contribution in [3.8, 4) is 0 Å². The van der Waals surface area contributed by atoms with Gasteiger partial charge in [0, 0.05) is 25.8 Å². The van der Waals surface area contributed by atoms with Crippen LogP contribution in [0.4, 0.5) is 10.8 Å². The molecule has 3 rings (SSSR count). The van der Waals surface area contributed by atoms with E-state index in [4.69, 9.17) is 0 Å². The minimum Gasteiger partial charge on any atom is -0.360 e. The Bertz CT molecular complexity index is 1120. The number of nitrogens with one attached hydrogen (secondary N) is 2. The number of nitrogens with zero attached hydrogens (tertiary/aromatic N) is 3. The van der Waals surface area contributed by atoms with Gasteiger partial charge in [-0.15, -0.1) is 10.2 Å². The van der Waals surface area contributed by atoms with Crippen LogP contribution < -0.4 is 10.6 Å². The zero-order valence-corrected chi connectivity index (χ0v) is 20.3. The fourth-order valence-corrected chi connectivity index (χ4v) is 5.45. The third kappa shape index (κ3) is 6.76. The van der Waals surface area contributed by atoms with Crippen LogP contribution >= 0.6 is 23.1 Å². The Kier molecular flexibility index (Phi) is 8.62. The van der Waals surface area contributed by atoms with Crippen molar-refractivity contribution in [3.63, 3.8) is 0 Å². The average molecular weight is 492 g/mol. The minimum atomic E-state index is -3.64. The number of aromatic nitrogens is 2. The molecule has 0 radical (unpaired) electrons. The number of hydrogen-bond donors (Lipinski definition) is 2. The van der Waals surface area contributed by atoms with E-state index in [-0.39, 0.29) is 23.1 Å². The van der Waals surface area contributed by atoms with E-state index in [0.717, 1.165) is 23.7 Å². The Morgan fingerprint density at radius 2 is 1.81 bits per heavy atom. The van der Waals surface area contributed by atoms with Crippen molar-refractivity contribution in [3.05, 3.63) is 60.2 Å². The Balaban J connectivity index is 1.53. The molecule has 3 aromatic rings. The van der Waals surface area contributed by atoms with Gasteiger partial charge >= 0.3 is 0 Å². The number of carbonyl (C=O) groups is 1. The van der Waals surface area contributed by atoms with Crippen molar-refractivity contribution in [1.82, 2.24) is 14.5 Å². The molecule has 0 bridgehead atoms. The lowest BCUT2D eigenvalue weighted by atomic mass is 10.2. The average Bonchev–Trinajstić information content (AvgIpc) is 3.25. The van der Waals surface area contributed by atoms with Crippen molar-refractivity contribution in [2.75, 3.05) is 30.0 Å². The first kappa shape index (κ1) is 24.2. The van der Waals surface area contributed by atoms with Gasteiger partial charge in [0.25, 0.3) is 0 Å². The van der Waals surface area contributed by atoms with Crippen LogP contribution in [0, 0.1) is 0 Å². The maximum Gasteiger partial charge on any atom is 0.243 e. The molecule has 0 unspecified atom stereocenters. The van der Waals surface area contributed by atoms with E-state index in [1.165, 1.54) is 39.5 Å². The molecule has 0 aliphatic rings. The molecule has 0 spiro atoms. The lowest BCUT2D eigenvalue weighted by molar-refractivity contribution is -0.113. The van der Waals surface area contributed by atoms with Crippen molar-refractivity contribution in [2.24, 2.45) is 0 Å². The number of thioether (sulfide) groups is 1. The quantitative estimate of drug-likeness (QED) is 0.392. The van der Waals surface area contributed by atoms with Crippen LogP contribution in [0.1, 0.15) is 18.9 Å². The molecule has 0 aliphatic carbocycles. The molecule has 0 fully saturated rings. The fraction of sp³-hybridized carbons (Fsp3) is 0.286. The second-order valence-corrected chi connectivity index (χ2v) is 11.2. The summed E-state index contributed by atoms with van der Waals surface area (Å²) in [6, 6.07) is 15.6. The lowest BCUT2D eigenvalue weighted by Gasteiger charge is -2.17. The summed E-state index contributed by atoms with van der Waals surface area (Å²) in [6.07, 6.45) is 0.994. The topological polar surface area (TPSA) is 104 Å². The summed E-state index contributed by atoms with van der Waals surface area (Å²) in [5.74, 6) is -0.0208. The molecule has 1 heterocycles. The molecule has 0 aliphatic heterocycles. The van der Waals surface area contributed by atoms with E-state index in [2.05, 4.69) is 27.8 Å². The first-order chi connectivity index (χ1) is 15.4. The molecular weight excluding hydrogens is 466 g/mol. The molecule has 0 saturated heterocycles. The van der Waals surface area contributed by atoms with Gasteiger partial charge in [-0.25, -0.2) is 8.42 Å². The zero-order chi connectivity index (χ0) is 23.0. The predicted octanol–water partition coefficient (Wildman–Crippen LogP) is 3.91. The second-order valence-electron chi connectivity index (χ2n) is 6.91. The van der Waals surface area contributed by atoms with Crippen molar-refractivity contribution >= 4 is 49.8 Å². The predicted molar refractivity (Wildman–Crippen MR) is 130 cm³/mol. The number of amides is 1. The molecule has 11 heteroatoms. The first-order valence-electron chi connectivity index (χ1n) is 9.99. The molecule has 0 atom stereocenters. The van der Waals surface area contributed by atoms with Crippen molar-refractivity contribution in [2.45, 2.75) is 29.1 Å². The van der Waals surface area contributed by atoms with Gasteiger partial charge in [0.05, 0.1) is 10.6 Å². The number of anilines is 2. The first-order valence-corrected chi connectivity index (χ1v) is 13.2. The summed E-state index contributed by atoms with van der Waals surface area (Å²) in [5.41, 5.74) is 1.44. The molecule has 1 amide bonds. The molecule has 2 aromatic carbocycles. The summed E-state index contributed by atoms with van der Waals surface area (Å²) in [6.45, 7) is 3.17. The van der Waals surface area contributed by atoms with Crippen LogP contribution in [0.2, 0.25) is 0 Å². The molecule has 0 saturated carbocycles. The standard InChI is InChI=1S/C21H25N5O3S3/c1-3-13-22-20-24-25-21(31-20)30-15-19(27)23-17-9-11-18(12-10-17)32(28,29)26(2)14-16-7-5-4-6-8-16/h4-12H,3,13-15H2,1-2H3,(H,22,24)(H,23,27). The van der Waals surface area contributed by atoms with Gasteiger partial charge in [-0.2, -0.15) is 4.31 Å². The van der Waals surface area contributed by atoms with Crippen LogP contribution in [0.3, 0.4) is 0 Å². The van der Waals surface area contributed by atoms with Crippen molar-refractivity contribution in [1.29, 1.82) is 0 Å². The van der Waals surface area contributed by atoms with Crippen LogP contribution in [-0.2, 0) is 21.4 Å². The minimum absolute atomic E-state index is 0.171. The maximum absolute atomic E-state index is 12.8. The van der Waals surface area contributed by atoms with Crippen molar-refractivity contribution < 1.29 is 13.2 Å². The highest BCUT2D eigenvalue weighted by atomic mass is 32.2. The smallest absolute Gasteiger partial charge is 0.243 e. The van der Waals surface area contributed by atoms with E-state index >= 15 is 0 Å². The highest BCUT2D eigenvalue weighted by Gasteiger charge is 2.21. The number of carbonyl (C=O) groups excluding carboxylic acids is 1. The highest BCUT2D eigenvalue weighted by molar-refractivity contribution is 8.01. The van der Waals surface area contributed by atoms with E-state index in [0.29, 0.717) is 10.0 Å². The zero-order valence-electron chi connectivity index (χ0n) is 17.8. The van der Waals surface area contributed by atoms with Crippen LogP contribution in [-0.4, -0.2) is 48.2 Å². The summed E-state index contributed by atoms with van der Waals surface area (Å²) in [4.78, 5) is 12.4. The number of hydrogen-bond acceptors (Lipinski definition) is 8.